The number of fused-ring (bicyclic) bond motifs is 1. The lowest BCUT2D eigenvalue weighted by molar-refractivity contribution is 0.307. The molecule has 3 aromatic carbocycles. The molecule has 0 saturated carbocycles. The first-order valence-corrected chi connectivity index (χ1v) is 8.61. The zero-order valence-electron chi connectivity index (χ0n) is 14.6. The second-order valence-corrected chi connectivity index (χ2v) is 6.21. The lowest BCUT2D eigenvalue weighted by Gasteiger charge is -2.13. The summed E-state index contributed by atoms with van der Waals surface area (Å²) in [5.41, 5.74) is 10.9. The summed E-state index contributed by atoms with van der Waals surface area (Å²) in [6.07, 6.45) is 0. The summed E-state index contributed by atoms with van der Waals surface area (Å²) in [5, 5.41) is 9.86. The normalized spacial score (nSPS) is 10.5. The molecule has 1 aromatic heterocycles. The number of aromatic nitrogens is 1. The van der Waals surface area contributed by atoms with Gasteiger partial charge in [0.05, 0.1) is 22.8 Å². The fourth-order valence-electron chi connectivity index (χ4n) is 3.00. The molecule has 0 spiro atoms. The third kappa shape index (κ3) is 3.44. The van der Waals surface area contributed by atoms with E-state index in [0.717, 1.165) is 33.5 Å². The van der Waals surface area contributed by atoms with E-state index in [9.17, 15) is 0 Å². The number of para-hydroxylation sites is 1. The number of nitrogen functional groups attached to an aromatic ring is 1. The van der Waals surface area contributed by atoms with Crippen LogP contribution < -0.4 is 10.5 Å². The van der Waals surface area contributed by atoms with Gasteiger partial charge in [-0.2, -0.15) is 5.26 Å². The molecular formula is C23H17N3O. The second-order valence-electron chi connectivity index (χ2n) is 6.21. The Morgan fingerprint density at radius 2 is 1.70 bits per heavy atom. The van der Waals surface area contributed by atoms with E-state index < -0.39 is 0 Å². The molecule has 130 valence electrons. The predicted octanol–water partition coefficient (Wildman–Crippen LogP) is 4.93. The van der Waals surface area contributed by atoms with Crippen LogP contribution in [0, 0.1) is 11.3 Å². The van der Waals surface area contributed by atoms with E-state index in [0.29, 0.717) is 17.9 Å². The van der Waals surface area contributed by atoms with Crippen molar-refractivity contribution in [1.29, 1.82) is 5.26 Å². The number of pyridine rings is 1. The molecule has 0 atom stereocenters. The monoisotopic (exact) mass is 351 g/mol. The maximum Gasteiger partial charge on any atom is 0.129 e. The fraction of sp³-hybridized carbons (Fsp3) is 0.0435. The van der Waals surface area contributed by atoms with Gasteiger partial charge in [-0.25, -0.2) is 4.98 Å². The van der Waals surface area contributed by atoms with Crippen LogP contribution in [0.3, 0.4) is 0 Å². The summed E-state index contributed by atoms with van der Waals surface area (Å²) < 4.78 is 6.04. The molecule has 27 heavy (non-hydrogen) atoms. The number of rotatable bonds is 4. The average Bonchev–Trinajstić information content (AvgIpc) is 2.73. The van der Waals surface area contributed by atoms with Crippen molar-refractivity contribution in [3.63, 3.8) is 0 Å². The standard InChI is InChI=1S/C23H17N3O/c24-14-17-10-11-21-19(12-17)20(25)13-22(26-21)18-8-4-5-9-23(18)27-15-16-6-2-1-3-7-16/h1-13H,15H2,(H2,25,26). The fourth-order valence-corrected chi connectivity index (χ4v) is 3.00. The highest BCUT2D eigenvalue weighted by Gasteiger charge is 2.11. The van der Waals surface area contributed by atoms with E-state index in [1.54, 1.807) is 12.1 Å². The molecule has 0 bridgehead atoms. The molecule has 4 heteroatoms. The quantitative estimate of drug-likeness (QED) is 0.565. The molecule has 0 aliphatic rings. The first kappa shape index (κ1) is 16.6. The zero-order valence-corrected chi connectivity index (χ0v) is 14.6. The van der Waals surface area contributed by atoms with Crippen molar-refractivity contribution in [1.82, 2.24) is 4.98 Å². The van der Waals surface area contributed by atoms with E-state index in [1.807, 2.05) is 66.7 Å². The molecule has 1 heterocycles. The van der Waals surface area contributed by atoms with Crippen molar-refractivity contribution in [3.05, 3.63) is 90.0 Å². The summed E-state index contributed by atoms with van der Waals surface area (Å²) >= 11 is 0. The Morgan fingerprint density at radius 1 is 0.926 bits per heavy atom. The first-order valence-electron chi connectivity index (χ1n) is 8.61. The topological polar surface area (TPSA) is 71.9 Å². The Balaban J connectivity index is 1.72. The van der Waals surface area contributed by atoms with E-state index in [-0.39, 0.29) is 0 Å². The minimum Gasteiger partial charge on any atom is -0.488 e. The van der Waals surface area contributed by atoms with E-state index >= 15 is 0 Å². The number of ether oxygens (including phenoxy) is 1. The van der Waals surface area contributed by atoms with Gasteiger partial charge >= 0.3 is 0 Å². The van der Waals surface area contributed by atoms with Crippen molar-refractivity contribution < 1.29 is 4.74 Å². The molecule has 4 rings (SSSR count). The molecular weight excluding hydrogens is 334 g/mol. The van der Waals surface area contributed by atoms with Crippen LogP contribution in [0.2, 0.25) is 0 Å². The lowest BCUT2D eigenvalue weighted by Crippen LogP contribution is -1.98. The molecule has 0 radical (unpaired) electrons. The highest BCUT2D eigenvalue weighted by Crippen LogP contribution is 2.33. The van der Waals surface area contributed by atoms with Gasteiger partial charge in [0.25, 0.3) is 0 Å². The van der Waals surface area contributed by atoms with Gasteiger partial charge in [-0.1, -0.05) is 42.5 Å². The molecule has 4 aromatic rings. The second kappa shape index (κ2) is 7.19. The van der Waals surface area contributed by atoms with Crippen molar-refractivity contribution >= 4 is 16.6 Å². The Bertz CT molecular complexity index is 1150. The van der Waals surface area contributed by atoms with Crippen molar-refractivity contribution in [3.8, 4) is 23.1 Å². The largest absolute Gasteiger partial charge is 0.488 e. The van der Waals surface area contributed by atoms with Crippen LogP contribution >= 0.6 is 0 Å². The molecule has 0 aliphatic carbocycles. The van der Waals surface area contributed by atoms with Crippen LogP contribution in [-0.4, -0.2) is 4.98 Å². The average molecular weight is 351 g/mol. The predicted molar refractivity (Wildman–Crippen MR) is 107 cm³/mol. The number of nitrogens with two attached hydrogens (primary N) is 1. The maximum absolute atomic E-state index is 9.08. The highest BCUT2D eigenvalue weighted by atomic mass is 16.5. The zero-order chi connectivity index (χ0) is 18.6. The lowest BCUT2D eigenvalue weighted by atomic mass is 10.1. The minimum absolute atomic E-state index is 0.479. The maximum atomic E-state index is 9.08. The third-order valence-corrected chi connectivity index (χ3v) is 4.37. The minimum atomic E-state index is 0.479. The summed E-state index contributed by atoms with van der Waals surface area (Å²) in [6.45, 7) is 0.479. The van der Waals surface area contributed by atoms with Crippen LogP contribution in [0.25, 0.3) is 22.2 Å². The van der Waals surface area contributed by atoms with E-state index in [2.05, 4.69) is 6.07 Å². The molecule has 0 saturated heterocycles. The number of benzene rings is 3. The summed E-state index contributed by atoms with van der Waals surface area (Å²) in [6, 6.07) is 27.1. The summed E-state index contributed by atoms with van der Waals surface area (Å²) in [7, 11) is 0. The van der Waals surface area contributed by atoms with Gasteiger partial charge in [0.15, 0.2) is 0 Å². The van der Waals surface area contributed by atoms with Crippen molar-refractivity contribution in [2.45, 2.75) is 6.61 Å². The molecule has 2 N–H and O–H groups in total. The number of anilines is 1. The smallest absolute Gasteiger partial charge is 0.129 e. The molecule has 0 aliphatic heterocycles. The highest BCUT2D eigenvalue weighted by molar-refractivity contribution is 5.93. The third-order valence-electron chi connectivity index (χ3n) is 4.37. The Morgan fingerprint density at radius 3 is 2.52 bits per heavy atom. The summed E-state index contributed by atoms with van der Waals surface area (Å²) in [5.74, 6) is 0.751. The Labute approximate surface area is 157 Å². The van der Waals surface area contributed by atoms with Crippen LogP contribution in [-0.2, 0) is 6.61 Å². The molecule has 4 nitrogen and oxygen atoms in total. The molecule has 0 fully saturated rings. The number of nitriles is 1. The molecule has 0 amide bonds. The van der Waals surface area contributed by atoms with Crippen molar-refractivity contribution in [2.75, 3.05) is 5.73 Å². The Kier molecular flexibility index (Phi) is 4.42. The van der Waals surface area contributed by atoms with Gasteiger partial charge in [0.2, 0.25) is 0 Å². The van der Waals surface area contributed by atoms with Gasteiger partial charge in [-0.05, 0) is 42.0 Å². The van der Waals surface area contributed by atoms with Gasteiger partial charge in [0, 0.05) is 16.6 Å². The van der Waals surface area contributed by atoms with E-state index in [1.165, 1.54) is 0 Å². The van der Waals surface area contributed by atoms with Crippen LogP contribution in [0.4, 0.5) is 5.69 Å². The van der Waals surface area contributed by atoms with Crippen molar-refractivity contribution in [2.24, 2.45) is 0 Å². The number of nitrogens with zero attached hydrogens (tertiary/aromatic N) is 2. The van der Waals surface area contributed by atoms with Gasteiger partial charge in [0.1, 0.15) is 12.4 Å². The number of hydrogen-bond donors (Lipinski definition) is 1. The Hall–Kier alpha value is -3.84. The SMILES string of the molecule is N#Cc1ccc2nc(-c3ccccc3OCc3ccccc3)cc(N)c2c1. The van der Waals surface area contributed by atoms with Crippen LogP contribution in [0.5, 0.6) is 5.75 Å². The molecule has 0 unspecified atom stereocenters. The van der Waals surface area contributed by atoms with Gasteiger partial charge in [-0.3, -0.25) is 0 Å². The summed E-state index contributed by atoms with van der Waals surface area (Å²) in [4.78, 5) is 4.73. The van der Waals surface area contributed by atoms with E-state index in [4.69, 9.17) is 20.7 Å². The first-order chi connectivity index (χ1) is 13.2. The van der Waals surface area contributed by atoms with Gasteiger partial charge in [-0.15, -0.1) is 0 Å². The van der Waals surface area contributed by atoms with Crippen LogP contribution in [0.1, 0.15) is 11.1 Å². The van der Waals surface area contributed by atoms with Gasteiger partial charge < -0.3 is 10.5 Å². The number of hydrogen-bond acceptors (Lipinski definition) is 4. The van der Waals surface area contributed by atoms with Crippen LogP contribution in [0.15, 0.2) is 78.9 Å².